The first-order chi connectivity index (χ1) is 6.74. The fourth-order valence-corrected chi connectivity index (χ4v) is 2.81. The smallest absolute Gasteiger partial charge is 0.221 e. The summed E-state index contributed by atoms with van der Waals surface area (Å²) in [6.07, 6.45) is 1.23. The van der Waals surface area contributed by atoms with Crippen LogP contribution in [0.5, 0.6) is 0 Å². The van der Waals surface area contributed by atoms with Crippen LogP contribution in [-0.2, 0) is 4.74 Å². The molecule has 0 aromatic rings. The van der Waals surface area contributed by atoms with Gasteiger partial charge in [-0.1, -0.05) is 0 Å². The van der Waals surface area contributed by atoms with Crippen molar-refractivity contribution in [2.24, 2.45) is 5.92 Å². The normalized spacial score (nSPS) is 37.4. The molecule has 0 N–H and O–H groups in total. The molecule has 0 aliphatic carbocycles. The van der Waals surface area contributed by atoms with Crippen molar-refractivity contribution >= 4 is 0 Å². The summed E-state index contributed by atoms with van der Waals surface area (Å²) in [5.74, 6) is 0.439. The van der Waals surface area contributed by atoms with Crippen molar-refractivity contribution in [2.75, 3.05) is 19.8 Å². The molecule has 3 fully saturated rings. The summed E-state index contributed by atoms with van der Waals surface area (Å²) in [5, 5.41) is 0. The summed E-state index contributed by atoms with van der Waals surface area (Å²) >= 11 is 0. The van der Waals surface area contributed by atoms with Gasteiger partial charge in [0, 0.05) is 18.1 Å². The molecular weight excluding hydrogens is 176 g/mol. The molecule has 0 spiro atoms. The highest BCUT2D eigenvalue weighted by Crippen LogP contribution is 2.36. The molecule has 3 nitrogen and oxygen atoms in total. The maximum Gasteiger partial charge on any atom is 0.221 e. The largest absolute Gasteiger partial charge is 0.379 e. The zero-order valence-corrected chi connectivity index (χ0v) is 8.94. The lowest BCUT2D eigenvalue weighted by molar-refractivity contribution is -0.0303. The molecule has 0 radical (unpaired) electrons. The van der Waals surface area contributed by atoms with Gasteiger partial charge in [0.15, 0.2) is 0 Å². The van der Waals surface area contributed by atoms with E-state index >= 15 is 0 Å². The average Bonchev–Trinajstić information content (AvgIpc) is 2.34. The quantitative estimate of drug-likeness (QED) is 0.618. The van der Waals surface area contributed by atoms with Crippen molar-refractivity contribution in [3.63, 3.8) is 0 Å². The summed E-state index contributed by atoms with van der Waals surface area (Å²) in [6, 6.07) is 1.82. The Morgan fingerprint density at radius 1 is 1.50 bits per heavy atom. The lowest BCUT2D eigenvalue weighted by atomic mass is 9.83. The molecule has 3 aliphatic heterocycles. The Bertz CT molecular complexity index is 246. The molecule has 0 amide bonds. The van der Waals surface area contributed by atoms with Crippen LogP contribution in [0.2, 0.25) is 0 Å². The van der Waals surface area contributed by atoms with Gasteiger partial charge in [-0.15, -0.1) is 0 Å². The molecule has 78 valence electrons. The first-order valence-electron chi connectivity index (χ1n) is 5.42. The standard InChI is InChI=1S/C11H18N2O/c1-8(2)13-10-4-11(13)9(5-12-3)6-14-7-10/h8-11H,4-7H2,1-2H3/t9-,10-,11+/m0/s1. The van der Waals surface area contributed by atoms with E-state index in [1.54, 1.807) is 0 Å². The van der Waals surface area contributed by atoms with Gasteiger partial charge < -0.3 is 9.58 Å². The second-order valence-corrected chi connectivity index (χ2v) is 4.64. The van der Waals surface area contributed by atoms with E-state index in [0.717, 1.165) is 13.2 Å². The van der Waals surface area contributed by atoms with Gasteiger partial charge in [0.05, 0.1) is 19.1 Å². The summed E-state index contributed by atoms with van der Waals surface area (Å²) in [4.78, 5) is 6.04. The Hall–Kier alpha value is -0.590. The van der Waals surface area contributed by atoms with Gasteiger partial charge in [-0.25, -0.2) is 6.57 Å². The number of rotatable bonds is 2. The third-order valence-electron chi connectivity index (χ3n) is 3.43. The van der Waals surface area contributed by atoms with Crippen LogP contribution >= 0.6 is 0 Å². The first kappa shape index (κ1) is 9.95. The van der Waals surface area contributed by atoms with Crippen molar-refractivity contribution in [1.82, 2.24) is 4.90 Å². The summed E-state index contributed by atoms with van der Waals surface area (Å²) in [7, 11) is 0. The summed E-state index contributed by atoms with van der Waals surface area (Å²) < 4.78 is 5.61. The van der Waals surface area contributed by atoms with Crippen molar-refractivity contribution in [3.8, 4) is 0 Å². The van der Waals surface area contributed by atoms with Crippen molar-refractivity contribution in [2.45, 2.75) is 38.4 Å². The topological polar surface area (TPSA) is 16.8 Å². The fraction of sp³-hybridized carbons (Fsp3) is 0.909. The van der Waals surface area contributed by atoms with E-state index < -0.39 is 0 Å². The van der Waals surface area contributed by atoms with E-state index in [0.29, 0.717) is 30.6 Å². The van der Waals surface area contributed by atoms with Crippen molar-refractivity contribution in [1.29, 1.82) is 0 Å². The third kappa shape index (κ3) is 1.53. The van der Waals surface area contributed by atoms with Gasteiger partial charge in [-0.2, -0.15) is 0 Å². The maximum absolute atomic E-state index is 6.94. The fourth-order valence-electron chi connectivity index (χ4n) is 2.81. The summed E-state index contributed by atoms with van der Waals surface area (Å²) in [5.41, 5.74) is 0. The SMILES string of the molecule is [C-]#[N+]C[C@H]1COC[C@@H]2C[C@H]1N2C(C)C. The Kier molecular flexibility index (Phi) is 2.76. The molecular formula is C11H18N2O. The monoisotopic (exact) mass is 194 g/mol. The molecule has 0 saturated carbocycles. The Morgan fingerprint density at radius 3 is 2.93 bits per heavy atom. The second-order valence-electron chi connectivity index (χ2n) is 4.64. The Morgan fingerprint density at radius 2 is 2.29 bits per heavy atom. The molecule has 3 heterocycles. The van der Waals surface area contributed by atoms with Crippen LogP contribution in [0, 0.1) is 12.5 Å². The van der Waals surface area contributed by atoms with Crippen LogP contribution in [0.4, 0.5) is 0 Å². The van der Waals surface area contributed by atoms with E-state index in [1.807, 2.05) is 0 Å². The van der Waals surface area contributed by atoms with Crippen LogP contribution in [0.25, 0.3) is 4.85 Å². The van der Waals surface area contributed by atoms with Crippen molar-refractivity contribution in [3.05, 3.63) is 11.4 Å². The lowest BCUT2D eigenvalue weighted by Crippen LogP contribution is -2.61. The Balaban J connectivity index is 2.05. The van der Waals surface area contributed by atoms with Gasteiger partial charge in [-0.3, -0.25) is 4.90 Å². The van der Waals surface area contributed by atoms with Crippen molar-refractivity contribution < 1.29 is 4.74 Å². The third-order valence-corrected chi connectivity index (χ3v) is 3.43. The molecule has 14 heavy (non-hydrogen) atoms. The predicted octanol–water partition coefficient (Wildman–Crippen LogP) is 1.40. The Labute approximate surface area is 85.9 Å². The zero-order chi connectivity index (χ0) is 10.1. The van der Waals surface area contributed by atoms with Crippen LogP contribution in [0.1, 0.15) is 20.3 Å². The van der Waals surface area contributed by atoms with Gasteiger partial charge in [-0.05, 0) is 20.3 Å². The van der Waals surface area contributed by atoms with Gasteiger partial charge in [0.2, 0.25) is 6.54 Å². The minimum absolute atomic E-state index is 0.439. The molecule has 0 unspecified atom stereocenters. The van der Waals surface area contributed by atoms with Gasteiger partial charge in [0.1, 0.15) is 0 Å². The van der Waals surface area contributed by atoms with Crippen LogP contribution in [0.15, 0.2) is 0 Å². The molecule has 0 aromatic heterocycles. The molecule has 3 heteroatoms. The predicted molar refractivity (Wildman–Crippen MR) is 54.9 cm³/mol. The number of hydrogen-bond acceptors (Lipinski definition) is 2. The number of hydrogen-bond donors (Lipinski definition) is 0. The van der Waals surface area contributed by atoms with E-state index in [9.17, 15) is 0 Å². The van der Waals surface area contributed by atoms with E-state index in [2.05, 4.69) is 23.6 Å². The van der Waals surface area contributed by atoms with Crippen LogP contribution < -0.4 is 0 Å². The maximum atomic E-state index is 6.94. The lowest BCUT2D eigenvalue weighted by Gasteiger charge is -2.50. The molecule has 3 aliphatic rings. The van der Waals surface area contributed by atoms with Gasteiger partial charge >= 0.3 is 0 Å². The summed E-state index contributed by atoms with van der Waals surface area (Å²) in [6.45, 7) is 13.7. The number of fused-ring (bicyclic) bond motifs is 3. The highest BCUT2D eigenvalue weighted by Gasteiger charge is 2.47. The highest BCUT2D eigenvalue weighted by molar-refractivity contribution is 5.01. The molecule has 0 aromatic carbocycles. The highest BCUT2D eigenvalue weighted by atomic mass is 16.5. The minimum atomic E-state index is 0.439. The van der Waals surface area contributed by atoms with Crippen LogP contribution in [-0.4, -0.2) is 42.8 Å². The van der Waals surface area contributed by atoms with E-state index in [4.69, 9.17) is 11.3 Å². The zero-order valence-electron chi connectivity index (χ0n) is 8.94. The molecule has 3 rings (SSSR count). The number of ether oxygens (including phenoxy) is 1. The molecule has 3 saturated heterocycles. The van der Waals surface area contributed by atoms with E-state index in [-0.39, 0.29) is 0 Å². The van der Waals surface area contributed by atoms with E-state index in [1.165, 1.54) is 6.42 Å². The second kappa shape index (κ2) is 3.88. The molecule has 3 atom stereocenters. The van der Waals surface area contributed by atoms with Crippen LogP contribution in [0.3, 0.4) is 0 Å². The van der Waals surface area contributed by atoms with Gasteiger partial charge in [0.25, 0.3) is 0 Å². The average molecular weight is 194 g/mol. The molecule has 2 bridgehead atoms. The number of nitrogens with zero attached hydrogens (tertiary/aromatic N) is 2. The minimum Gasteiger partial charge on any atom is -0.379 e. The first-order valence-corrected chi connectivity index (χ1v) is 5.42.